The van der Waals surface area contributed by atoms with Gasteiger partial charge >= 0.3 is 0 Å². The van der Waals surface area contributed by atoms with Crippen LogP contribution in [0.15, 0.2) is 53.4 Å². The molecule has 2 aromatic carbocycles. The van der Waals surface area contributed by atoms with Gasteiger partial charge in [-0.3, -0.25) is 9.52 Å². The Labute approximate surface area is 179 Å². The van der Waals surface area contributed by atoms with Crippen molar-refractivity contribution in [1.82, 2.24) is 4.90 Å². The van der Waals surface area contributed by atoms with Crippen molar-refractivity contribution in [3.05, 3.63) is 54.1 Å². The predicted octanol–water partition coefficient (Wildman–Crippen LogP) is 4.54. The van der Waals surface area contributed by atoms with Crippen LogP contribution in [-0.4, -0.2) is 38.9 Å². The molecule has 1 amide bonds. The number of sulfonamides is 1. The summed E-state index contributed by atoms with van der Waals surface area (Å²) in [5, 5.41) is 0. The Kier molecular flexibility index (Phi) is 6.41. The molecule has 6 nitrogen and oxygen atoms in total. The number of carbonyl (C=O) groups excluding carboxylic acids is 1. The first kappa shape index (κ1) is 22.2. The zero-order valence-electron chi connectivity index (χ0n) is 18.0. The van der Waals surface area contributed by atoms with Gasteiger partial charge in [0.1, 0.15) is 5.75 Å². The van der Waals surface area contributed by atoms with Crippen LogP contribution >= 0.6 is 0 Å². The van der Waals surface area contributed by atoms with Crippen molar-refractivity contribution in [3.63, 3.8) is 0 Å². The van der Waals surface area contributed by atoms with Gasteiger partial charge in [0.15, 0.2) is 0 Å². The number of carbonyl (C=O) groups is 1. The van der Waals surface area contributed by atoms with E-state index < -0.39 is 10.0 Å². The van der Waals surface area contributed by atoms with Crippen LogP contribution in [0.5, 0.6) is 5.75 Å². The Hall–Kier alpha value is -2.54. The molecule has 1 saturated heterocycles. The molecule has 2 aromatic rings. The molecule has 1 atom stereocenters. The molecule has 30 heavy (non-hydrogen) atoms. The number of amides is 1. The standard InChI is InChI=1S/C23H30N2O4S/c1-23(2,3)16-19-6-5-15-25(19)22(26)17-7-13-21(14-8-17)30(27,28)24-18-9-11-20(29-4)12-10-18/h7-14,19,24H,5-6,15-16H2,1-4H3. The van der Waals surface area contributed by atoms with E-state index >= 15 is 0 Å². The van der Waals surface area contributed by atoms with Gasteiger partial charge in [-0.2, -0.15) is 0 Å². The third-order valence-electron chi connectivity index (χ3n) is 5.24. The molecule has 1 heterocycles. The Balaban J connectivity index is 1.72. The molecule has 0 aliphatic carbocycles. The van der Waals surface area contributed by atoms with E-state index in [2.05, 4.69) is 25.5 Å². The van der Waals surface area contributed by atoms with Crippen molar-refractivity contribution in [1.29, 1.82) is 0 Å². The van der Waals surface area contributed by atoms with Crippen LogP contribution in [-0.2, 0) is 10.0 Å². The van der Waals surface area contributed by atoms with Crippen LogP contribution < -0.4 is 9.46 Å². The summed E-state index contributed by atoms with van der Waals surface area (Å²) >= 11 is 0. The molecule has 1 unspecified atom stereocenters. The van der Waals surface area contributed by atoms with E-state index in [1.165, 1.54) is 12.1 Å². The molecule has 1 aliphatic heterocycles. The maximum Gasteiger partial charge on any atom is 0.261 e. The number of benzene rings is 2. The van der Waals surface area contributed by atoms with Gasteiger partial charge in [0.25, 0.3) is 15.9 Å². The summed E-state index contributed by atoms with van der Waals surface area (Å²) < 4.78 is 33.0. The highest BCUT2D eigenvalue weighted by atomic mass is 32.2. The average molecular weight is 431 g/mol. The first-order chi connectivity index (χ1) is 14.1. The number of nitrogens with zero attached hydrogens (tertiary/aromatic N) is 1. The maximum atomic E-state index is 13.0. The SMILES string of the molecule is COc1ccc(NS(=O)(=O)c2ccc(C(=O)N3CCCC3CC(C)(C)C)cc2)cc1. The third-order valence-corrected chi connectivity index (χ3v) is 6.64. The fraction of sp³-hybridized carbons (Fsp3) is 0.435. The number of ether oxygens (including phenoxy) is 1. The highest BCUT2D eigenvalue weighted by Crippen LogP contribution is 2.31. The lowest BCUT2D eigenvalue weighted by Crippen LogP contribution is -2.37. The number of hydrogen-bond acceptors (Lipinski definition) is 4. The zero-order chi connectivity index (χ0) is 21.9. The van der Waals surface area contributed by atoms with E-state index in [0.717, 1.165) is 25.8 Å². The van der Waals surface area contributed by atoms with Crippen molar-refractivity contribution in [2.75, 3.05) is 18.4 Å². The number of likely N-dealkylation sites (tertiary alicyclic amines) is 1. The molecule has 0 saturated carbocycles. The molecule has 162 valence electrons. The molecule has 7 heteroatoms. The van der Waals surface area contributed by atoms with Crippen LogP contribution in [0.2, 0.25) is 0 Å². The summed E-state index contributed by atoms with van der Waals surface area (Å²) in [4.78, 5) is 15.1. The number of anilines is 1. The predicted molar refractivity (Wildman–Crippen MR) is 118 cm³/mol. The topological polar surface area (TPSA) is 75.7 Å². The second-order valence-corrected chi connectivity index (χ2v) is 10.6. The van der Waals surface area contributed by atoms with Crippen LogP contribution in [0.4, 0.5) is 5.69 Å². The van der Waals surface area contributed by atoms with Gasteiger partial charge in [-0.1, -0.05) is 20.8 Å². The summed E-state index contributed by atoms with van der Waals surface area (Å²) in [5.41, 5.74) is 1.11. The van der Waals surface area contributed by atoms with Crippen LogP contribution in [0.3, 0.4) is 0 Å². The molecule has 0 radical (unpaired) electrons. The fourth-order valence-electron chi connectivity index (χ4n) is 3.84. The van der Waals surface area contributed by atoms with Crippen molar-refractivity contribution >= 4 is 21.6 Å². The van der Waals surface area contributed by atoms with Gasteiger partial charge in [-0.25, -0.2) is 8.42 Å². The van der Waals surface area contributed by atoms with Gasteiger partial charge < -0.3 is 9.64 Å². The first-order valence-corrected chi connectivity index (χ1v) is 11.7. The molecular formula is C23H30N2O4S. The second-order valence-electron chi connectivity index (χ2n) is 8.92. The van der Waals surface area contributed by atoms with Crippen molar-refractivity contribution < 1.29 is 17.9 Å². The van der Waals surface area contributed by atoms with E-state index in [9.17, 15) is 13.2 Å². The molecule has 0 bridgehead atoms. The second kappa shape index (κ2) is 8.68. The zero-order valence-corrected chi connectivity index (χ0v) is 18.8. The highest BCUT2D eigenvalue weighted by Gasteiger charge is 2.32. The minimum Gasteiger partial charge on any atom is -0.497 e. The van der Waals surface area contributed by atoms with E-state index in [1.807, 2.05) is 4.90 Å². The van der Waals surface area contributed by atoms with Gasteiger partial charge in [0.2, 0.25) is 0 Å². The first-order valence-electron chi connectivity index (χ1n) is 10.2. The molecule has 1 aliphatic rings. The molecule has 0 aromatic heterocycles. The molecular weight excluding hydrogens is 400 g/mol. The van der Waals surface area contributed by atoms with Crippen LogP contribution in [0.25, 0.3) is 0 Å². The molecule has 0 spiro atoms. The van der Waals surface area contributed by atoms with Crippen molar-refractivity contribution in [2.45, 2.75) is 51.0 Å². The Morgan fingerprint density at radius 1 is 1.10 bits per heavy atom. The van der Waals surface area contributed by atoms with Gasteiger partial charge in [0.05, 0.1) is 12.0 Å². The molecule has 1 fully saturated rings. The lowest BCUT2D eigenvalue weighted by molar-refractivity contribution is 0.0704. The lowest BCUT2D eigenvalue weighted by atomic mass is 9.87. The van der Waals surface area contributed by atoms with E-state index in [4.69, 9.17) is 4.74 Å². The Bertz CT molecular complexity index is 977. The largest absolute Gasteiger partial charge is 0.497 e. The Morgan fingerprint density at radius 3 is 2.30 bits per heavy atom. The van der Waals surface area contributed by atoms with Crippen molar-refractivity contribution in [3.8, 4) is 5.75 Å². The number of rotatable bonds is 6. The van der Waals surface area contributed by atoms with E-state index in [-0.39, 0.29) is 22.3 Å². The van der Waals surface area contributed by atoms with E-state index in [1.54, 1.807) is 43.5 Å². The maximum absolute atomic E-state index is 13.0. The average Bonchev–Trinajstić information content (AvgIpc) is 3.14. The number of nitrogens with one attached hydrogen (secondary N) is 1. The lowest BCUT2D eigenvalue weighted by Gasteiger charge is -2.30. The third kappa shape index (κ3) is 5.33. The molecule has 1 N–H and O–H groups in total. The Morgan fingerprint density at radius 2 is 1.73 bits per heavy atom. The van der Waals surface area contributed by atoms with Crippen LogP contribution in [0, 0.1) is 5.41 Å². The summed E-state index contributed by atoms with van der Waals surface area (Å²) in [6.45, 7) is 7.30. The molecule has 3 rings (SSSR count). The fourth-order valence-corrected chi connectivity index (χ4v) is 4.90. The minimum atomic E-state index is -3.74. The van der Waals surface area contributed by atoms with Crippen molar-refractivity contribution in [2.24, 2.45) is 5.41 Å². The summed E-state index contributed by atoms with van der Waals surface area (Å²) in [7, 11) is -2.19. The highest BCUT2D eigenvalue weighted by molar-refractivity contribution is 7.92. The summed E-state index contributed by atoms with van der Waals surface area (Å²) in [6.07, 6.45) is 2.98. The van der Waals surface area contributed by atoms with E-state index in [0.29, 0.717) is 17.0 Å². The minimum absolute atomic E-state index is 0.0335. The van der Waals surface area contributed by atoms with Gasteiger partial charge in [0, 0.05) is 23.8 Å². The quantitative estimate of drug-likeness (QED) is 0.730. The summed E-state index contributed by atoms with van der Waals surface area (Å²) in [6, 6.07) is 13.0. The smallest absolute Gasteiger partial charge is 0.261 e. The monoisotopic (exact) mass is 430 g/mol. The van der Waals surface area contributed by atoms with Gasteiger partial charge in [-0.05, 0) is 73.2 Å². The number of hydrogen-bond donors (Lipinski definition) is 1. The number of methoxy groups -OCH3 is 1. The van der Waals surface area contributed by atoms with Crippen LogP contribution in [0.1, 0.15) is 50.4 Å². The normalized spacial score (nSPS) is 17.1. The van der Waals surface area contributed by atoms with Gasteiger partial charge in [-0.15, -0.1) is 0 Å². The summed E-state index contributed by atoms with van der Waals surface area (Å²) in [5.74, 6) is 0.612.